The second-order valence-corrected chi connectivity index (χ2v) is 5.07. The summed E-state index contributed by atoms with van der Waals surface area (Å²) in [6.45, 7) is 3.96. The molecule has 22 heavy (non-hydrogen) atoms. The van der Waals surface area contributed by atoms with Crippen molar-refractivity contribution in [1.82, 2.24) is 9.97 Å². The Bertz CT molecular complexity index is 619. The molecule has 2 atom stereocenters. The van der Waals surface area contributed by atoms with Gasteiger partial charge in [0.2, 0.25) is 11.8 Å². The maximum absolute atomic E-state index is 12.1. The van der Waals surface area contributed by atoms with Gasteiger partial charge in [-0.2, -0.15) is 0 Å². The van der Waals surface area contributed by atoms with E-state index in [0.717, 1.165) is 6.42 Å². The summed E-state index contributed by atoms with van der Waals surface area (Å²) in [7, 11) is 0. The summed E-state index contributed by atoms with van der Waals surface area (Å²) < 4.78 is 5.57. The monoisotopic (exact) mass is 300 g/mol. The summed E-state index contributed by atoms with van der Waals surface area (Å²) in [6, 6.07) is 6.53. The molecule has 0 radical (unpaired) electrons. The second kappa shape index (κ2) is 7.51. The number of nitrogens with zero attached hydrogens (tertiary/aromatic N) is 2. The molecule has 0 aliphatic rings. The van der Waals surface area contributed by atoms with Crippen molar-refractivity contribution in [1.29, 1.82) is 0 Å². The molecule has 0 spiro atoms. The third-order valence-electron chi connectivity index (χ3n) is 3.42. The van der Waals surface area contributed by atoms with E-state index in [-0.39, 0.29) is 11.8 Å². The van der Waals surface area contributed by atoms with Crippen molar-refractivity contribution >= 4 is 11.6 Å². The van der Waals surface area contributed by atoms with Crippen molar-refractivity contribution in [3.8, 4) is 11.6 Å². The third-order valence-corrected chi connectivity index (χ3v) is 3.42. The topological polar surface area (TPSA) is 90.1 Å². The van der Waals surface area contributed by atoms with E-state index >= 15 is 0 Å². The van der Waals surface area contributed by atoms with Crippen LogP contribution >= 0.6 is 0 Å². The zero-order valence-corrected chi connectivity index (χ0v) is 12.7. The molecule has 0 bridgehead atoms. The maximum atomic E-state index is 12.1. The summed E-state index contributed by atoms with van der Waals surface area (Å²) >= 11 is 0. The number of aromatic nitrogens is 2. The highest BCUT2D eigenvalue weighted by Crippen LogP contribution is 2.22. The van der Waals surface area contributed by atoms with Crippen molar-refractivity contribution in [3.05, 3.63) is 42.9 Å². The summed E-state index contributed by atoms with van der Waals surface area (Å²) in [4.78, 5) is 20.0. The van der Waals surface area contributed by atoms with Crippen LogP contribution < -0.4 is 15.8 Å². The number of nitrogens with one attached hydrogen (secondary N) is 1. The number of hydrogen-bond acceptors (Lipinski definition) is 5. The molecule has 1 heterocycles. The minimum absolute atomic E-state index is 0.124. The van der Waals surface area contributed by atoms with E-state index in [2.05, 4.69) is 15.3 Å². The number of benzene rings is 1. The van der Waals surface area contributed by atoms with Crippen LogP contribution in [-0.4, -0.2) is 21.9 Å². The molecule has 0 aliphatic heterocycles. The Morgan fingerprint density at radius 3 is 2.91 bits per heavy atom. The minimum Gasteiger partial charge on any atom is -0.437 e. The molecule has 0 saturated carbocycles. The maximum Gasteiger partial charge on any atom is 0.241 e. The molecule has 116 valence electrons. The smallest absolute Gasteiger partial charge is 0.241 e. The number of carbonyl (C=O) groups excluding carboxylic acids is 1. The van der Waals surface area contributed by atoms with E-state index < -0.39 is 6.04 Å². The fourth-order valence-electron chi connectivity index (χ4n) is 1.83. The molecule has 6 heteroatoms. The lowest BCUT2D eigenvalue weighted by Gasteiger charge is -2.17. The van der Waals surface area contributed by atoms with Crippen molar-refractivity contribution in [2.45, 2.75) is 26.3 Å². The van der Waals surface area contributed by atoms with Gasteiger partial charge in [0.1, 0.15) is 5.75 Å². The Kier molecular flexibility index (Phi) is 5.43. The van der Waals surface area contributed by atoms with E-state index in [9.17, 15) is 4.79 Å². The molecule has 6 nitrogen and oxygen atoms in total. The van der Waals surface area contributed by atoms with Gasteiger partial charge in [-0.15, -0.1) is 0 Å². The summed E-state index contributed by atoms with van der Waals surface area (Å²) in [5.41, 5.74) is 6.55. The second-order valence-electron chi connectivity index (χ2n) is 5.07. The van der Waals surface area contributed by atoms with Crippen LogP contribution in [0.5, 0.6) is 11.6 Å². The SMILES string of the molecule is CCC(C)C(N)C(=O)Nc1cccc(Oc2cnccn2)c1. The molecule has 1 amide bonds. The van der Waals surface area contributed by atoms with Gasteiger partial charge >= 0.3 is 0 Å². The van der Waals surface area contributed by atoms with Gasteiger partial charge in [0.15, 0.2) is 0 Å². The van der Waals surface area contributed by atoms with Crippen LogP contribution in [-0.2, 0) is 4.79 Å². The van der Waals surface area contributed by atoms with Crippen LogP contribution in [0.4, 0.5) is 5.69 Å². The van der Waals surface area contributed by atoms with Crippen LogP contribution in [0, 0.1) is 5.92 Å². The largest absolute Gasteiger partial charge is 0.437 e. The Morgan fingerprint density at radius 2 is 2.23 bits per heavy atom. The van der Waals surface area contributed by atoms with Crippen molar-refractivity contribution in [3.63, 3.8) is 0 Å². The number of nitrogens with two attached hydrogens (primary N) is 1. The lowest BCUT2D eigenvalue weighted by Crippen LogP contribution is -2.40. The van der Waals surface area contributed by atoms with Crippen molar-refractivity contribution in [2.24, 2.45) is 11.7 Å². The van der Waals surface area contributed by atoms with Gasteiger partial charge in [-0.05, 0) is 18.1 Å². The number of ether oxygens (including phenoxy) is 1. The van der Waals surface area contributed by atoms with E-state index in [1.165, 1.54) is 6.20 Å². The molecule has 0 fully saturated rings. The molecular formula is C16H20N4O2. The molecule has 3 N–H and O–H groups in total. The molecule has 2 aromatic rings. The molecule has 1 aromatic heterocycles. The van der Waals surface area contributed by atoms with Crippen LogP contribution in [0.25, 0.3) is 0 Å². The Morgan fingerprint density at radius 1 is 1.41 bits per heavy atom. The lowest BCUT2D eigenvalue weighted by molar-refractivity contribution is -0.118. The van der Waals surface area contributed by atoms with Gasteiger partial charge < -0.3 is 15.8 Å². The van der Waals surface area contributed by atoms with Gasteiger partial charge in [0, 0.05) is 24.1 Å². The van der Waals surface area contributed by atoms with Crippen LogP contribution in [0.3, 0.4) is 0 Å². The summed E-state index contributed by atoms with van der Waals surface area (Å²) in [5.74, 6) is 0.878. The normalized spacial score (nSPS) is 13.2. The fraction of sp³-hybridized carbons (Fsp3) is 0.312. The zero-order valence-electron chi connectivity index (χ0n) is 12.7. The van der Waals surface area contributed by atoms with Gasteiger partial charge in [-0.25, -0.2) is 4.98 Å². The fourth-order valence-corrected chi connectivity index (χ4v) is 1.83. The summed E-state index contributed by atoms with van der Waals surface area (Å²) in [6.07, 6.45) is 5.49. The minimum atomic E-state index is -0.533. The Labute approximate surface area is 129 Å². The van der Waals surface area contributed by atoms with Crippen LogP contribution in [0.15, 0.2) is 42.9 Å². The van der Waals surface area contributed by atoms with Crippen molar-refractivity contribution < 1.29 is 9.53 Å². The predicted molar refractivity (Wildman–Crippen MR) is 84.6 cm³/mol. The van der Waals surface area contributed by atoms with E-state index in [4.69, 9.17) is 10.5 Å². The van der Waals surface area contributed by atoms with Crippen LogP contribution in [0.2, 0.25) is 0 Å². The molecule has 2 unspecified atom stereocenters. The highest BCUT2D eigenvalue weighted by molar-refractivity contribution is 5.95. The number of carbonyl (C=O) groups is 1. The van der Waals surface area contributed by atoms with Gasteiger partial charge in [0.25, 0.3) is 0 Å². The summed E-state index contributed by atoms with van der Waals surface area (Å²) in [5, 5.41) is 2.80. The zero-order chi connectivity index (χ0) is 15.9. The Balaban J connectivity index is 2.04. The van der Waals surface area contributed by atoms with Gasteiger partial charge in [-0.1, -0.05) is 26.3 Å². The van der Waals surface area contributed by atoms with E-state index in [0.29, 0.717) is 17.3 Å². The van der Waals surface area contributed by atoms with Gasteiger partial charge in [-0.3, -0.25) is 9.78 Å². The molecule has 2 rings (SSSR count). The van der Waals surface area contributed by atoms with Crippen molar-refractivity contribution in [2.75, 3.05) is 5.32 Å². The molecule has 0 aliphatic carbocycles. The molecule has 1 aromatic carbocycles. The highest BCUT2D eigenvalue weighted by atomic mass is 16.5. The standard InChI is InChI=1S/C16H20N4O2/c1-3-11(2)15(17)16(21)20-12-5-4-6-13(9-12)22-14-10-18-7-8-19-14/h4-11,15H,3,17H2,1-2H3,(H,20,21). The third kappa shape index (κ3) is 4.26. The number of rotatable bonds is 6. The first-order chi connectivity index (χ1) is 10.6. The highest BCUT2D eigenvalue weighted by Gasteiger charge is 2.19. The van der Waals surface area contributed by atoms with E-state index in [1.54, 1.807) is 36.7 Å². The first kappa shape index (κ1) is 15.9. The lowest BCUT2D eigenvalue weighted by atomic mass is 9.99. The molecule has 0 saturated heterocycles. The first-order valence-electron chi connectivity index (χ1n) is 7.20. The van der Waals surface area contributed by atoms with Crippen LogP contribution in [0.1, 0.15) is 20.3 Å². The van der Waals surface area contributed by atoms with E-state index in [1.807, 2.05) is 13.8 Å². The average molecular weight is 300 g/mol. The number of hydrogen-bond donors (Lipinski definition) is 2. The number of anilines is 1. The average Bonchev–Trinajstić information content (AvgIpc) is 2.54. The Hall–Kier alpha value is -2.47. The van der Waals surface area contributed by atoms with Gasteiger partial charge in [0.05, 0.1) is 12.2 Å². The molecular weight excluding hydrogens is 280 g/mol. The number of amides is 1. The predicted octanol–water partition coefficient (Wildman–Crippen LogP) is 2.58. The quantitative estimate of drug-likeness (QED) is 0.855. The first-order valence-corrected chi connectivity index (χ1v) is 7.20.